The molecule has 0 fully saturated rings. The van der Waals surface area contributed by atoms with Gasteiger partial charge in [-0.25, -0.2) is 4.85 Å². The van der Waals surface area contributed by atoms with E-state index in [1.165, 1.54) is 0 Å². The Morgan fingerprint density at radius 1 is 0.321 bits per heavy atom. The molecule has 0 saturated heterocycles. The zero-order valence-electron chi connectivity index (χ0n) is 43.1. The van der Waals surface area contributed by atoms with Crippen molar-refractivity contribution in [1.29, 1.82) is 10.5 Å². The largest absolute Gasteiger partial charge is 0.460 e. The normalized spacial score (nSPS) is 13.7. The molecular formula is C69H38B3N7O2. The standard InChI is InChI=1S/C69H38B3N7O2/c1-75-44-34-62-69-66(35-44)80-63-29-17-15-27-50(63)71(69)53-37-54-64(39-58(53)79(62)48-24-12-5-13-25-48)81-65-33-43(41-74)32-61-68(65)72(54)52-36-51-56(38-57(52)78(61)47-22-10-4-11-23-47)77(46-20-8-3-9-21-46)60-31-42(40-73)30-59-67(60)70(51)49-26-14-16-28-55(49)76(59)45-18-6-2-7-19-45/h2-39H. The molecule has 6 aliphatic heterocycles. The molecule has 11 aromatic rings. The van der Waals surface area contributed by atoms with Crippen molar-refractivity contribution in [3.8, 4) is 35.1 Å². The highest BCUT2D eigenvalue weighted by atomic mass is 16.5. The summed E-state index contributed by atoms with van der Waals surface area (Å²) in [4.78, 5) is 13.2. The number of fused-ring (bicyclic) bond motifs is 12. The zero-order valence-corrected chi connectivity index (χ0v) is 43.1. The molecule has 0 saturated carbocycles. The summed E-state index contributed by atoms with van der Waals surface area (Å²) in [6.07, 6.45) is 0. The minimum atomic E-state index is -0.380. The molecule has 0 amide bonds. The Balaban J connectivity index is 0.984. The molecule has 12 heteroatoms. The highest BCUT2D eigenvalue weighted by Gasteiger charge is 2.50. The molecule has 0 bridgehead atoms. The van der Waals surface area contributed by atoms with Gasteiger partial charge in [0.25, 0.3) is 20.1 Å². The van der Waals surface area contributed by atoms with E-state index >= 15 is 0 Å². The Kier molecular flexibility index (Phi) is 9.40. The molecule has 0 aromatic heterocycles. The first-order valence-electron chi connectivity index (χ1n) is 27.1. The lowest BCUT2D eigenvalue weighted by atomic mass is 9.29. The van der Waals surface area contributed by atoms with Crippen LogP contribution in [-0.4, -0.2) is 20.1 Å². The van der Waals surface area contributed by atoms with Gasteiger partial charge in [-0.15, -0.1) is 0 Å². The van der Waals surface area contributed by atoms with Gasteiger partial charge in [0.05, 0.1) is 29.8 Å². The van der Waals surface area contributed by atoms with Gasteiger partial charge >= 0.3 is 0 Å². The molecule has 81 heavy (non-hydrogen) atoms. The predicted octanol–water partition coefficient (Wildman–Crippen LogP) is 10.9. The van der Waals surface area contributed by atoms with Gasteiger partial charge in [0.15, 0.2) is 5.69 Å². The van der Waals surface area contributed by atoms with Crippen molar-refractivity contribution < 1.29 is 9.47 Å². The molecule has 6 aliphatic rings. The topological polar surface area (TPSA) is 83.4 Å². The highest BCUT2D eigenvalue weighted by molar-refractivity contribution is 7.04. The second-order valence-electron chi connectivity index (χ2n) is 21.2. The van der Waals surface area contributed by atoms with Crippen molar-refractivity contribution in [3.05, 3.63) is 253 Å². The van der Waals surface area contributed by atoms with Crippen LogP contribution in [0, 0.1) is 29.2 Å². The molecule has 9 nitrogen and oxygen atoms in total. The molecule has 0 aliphatic carbocycles. The maximum absolute atomic E-state index is 10.9. The third-order valence-corrected chi connectivity index (χ3v) is 17.1. The Morgan fingerprint density at radius 3 is 1.28 bits per heavy atom. The second kappa shape index (κ2) is 16.9. The van der Waals surface area contributed by atoms with Crippen LogP contribution >= 0.6 is 0 Å². The Hall–Kier alpha value is -11.1. The SMILES string of the molecule is [C-]#[N+]c1cc2c3c(c1)N(c1ccccc1)c1cc4c(cc1B3c1ccccc1O2)B1c2cc3c(cc2N(c2ccccc2)c2cc(C#N)cc(c21)O4)N(c1ccccc1)c1cc(C#N)cc2c1B3c1ccccc1N2c1ccccc1. The number of para-hydroxylation sites is 6. The summed E-state index contributed by atoms with van der Waals surface area (Å²) in [5.74, 6) is 2.71. The Morgan fingerprint density at radius 2 is 0.728 bits per heavy atom. The fourth-order valence-corrected chi connectivity index (χ4v) is 14.0. The van der Waals surface area contributed by atoms with E-state index in [2.05, 4.69) is 194 Å². The number of hydrogen-bond acceptors (Lipinski definition) is 8. The monoisotopic (exact) mass is 1030 g/mol. The lowest BCUT2D eigenvalue weighted by Gasteiger charge is -2.46. The van der Waals surface area contributed by atoms with Crippen LogP contribution < -0.4 is 78.2 Å². The number of ether oxygens (including phenoxy) is 2. The average molecular weight is 1030 g/mol. The first-order chi connectivity index (χ1) is 40.0. The van der Waals surface area contributed by atoms with Crippen molar-refractivity contribution in [1.82, 2.24) is 0 Å². The van der Waals surface area contributed by atoms with E-state index in [1.807, 2.05) is 72.8 Å². The van der Waals surface area contributed by atoms with Crippen molar-refractivity contribution in [2.45, 2.75) is 0 Å². The van der Waals surface area contributed by atoms with E-state index in [9.17, 15) is 10.5 Å². The Bertz CT molecular complexity index is 4700. The molecule has 17 rings (SSSR count). The summed E-state index contributed by atoms with van der Waals surface area (Å²) in [5, 5.41) is 21.9. The highest BCUT2D eigenvalue weighted by Crippen LogP contribution is 2.50. The van der Waals surface area contributed by atoms with Crippen molar-refractivity contribution in [2.24, 2.45) is 0 Å². The smallest absolute Gasteiger partial charge is 0.256 e. The molecule has 0 spiro atoms. The van der Waals surface area contributed by atoms with Gasteiger partial charge in [-0.3, -0.25) is 0 Å². The van der Waals surface area contributed by atoms with Crippen molar-refractivity contribution in [2.75, 3.05) is 19.6 Å². The number of anilines is 12. The predicted molar refractivity (Wildman–Crippen MR) is 328 cm³/mol. The molecule has 6 heterocycles. The van der Waals surface area contributed by atoms with Crippen LogP contribution in [-0.2, 0) is 0 Å². The summed E-state index contributed by atoms with van der Waals surface area (Å²) in [6.45, 7) is 7.37. The third kappa shape index (κ3) is 6.32. The van der Waals surface area contributed by atoms with E-state index in [1.54, 1.807) is 0 Å². The number of rotatable bonds is 4. The molecule has 0 unspecified atom stereocenters. The average Bonchev–Trinajstić information content (AvgIpc) is 3.64. The minimum absolute atomic E-state index is 0.248. The lowest BCUT2D eigenvalue weighted by Crippen LogP contribution is -2.65. The molecule has 11 aromatic carbocycles. The second-order valence-corrected chi connectivity index (χ2v) is 21.2. The zero-order chi connectivity index (χ0) is 53.6. The summed E-state index contributed by atoms with van der Waals surface area (Å²) in [5.41, 5.74) is 22.4. The molecule has 370 valence electrons. The van der Waals surface area contributed by atoms with E-state index in [0.717, 1.165) is 123 Å². The van der Waals surface area contributed by atoms with E-state index in [0.29, 0.717) is 34.1 Å². The van der Waals surface area contributed by atoms with Crippen LogP contribution in [0.4, 0.5) is 73.9 Å². The van der Waals surface area contributed by atoms with Crippen LogP contribution in [0.2, 0.25) is 0 Å². The van der Waals surface area contributed by atoms with Crippen LogP contribution in [0.3, 0.4) is 0 Å². The summed E-state index contributed by atoms with van der Waals surface area (Å²) in [6, 6.07) is 85.0. The first kappa shape index (κ1) is 45.0. The van der Waals surface area contributed by atoms with Crippen LogP contribution in [0.25, 0.3) is 4.85 Å². The van der Waals surface area contributed by atoms with Gasteiger partial charge < -0.3 is 29.1 Å². The number of hydrogen-bond donors (Lipinski definition) is 0. The van der Waals surface area contributed by atoms with Gasteiger partial charge in [-0.2, -0.15) is 10.5 Å². The molecule has 0 radical (unpaired) electrons. The number of benzene rings is 11. The number of nitriles is 2. The van der Waals surface area contributed by atoms with Crippen LogP contribution in [0.1, 0.15) is 11.1 Å². The minimum Gasteiger partial charge on any atom is -0.460 e. The van der Waals surface area contributed by atoms with E-state index < -0.39 is 0 Å². The fraction of sp³-hybridized carbons (Fsp3) is 0. The quantitative estimate of drug-likeness (QED) is 0.127. The third-order valence-electron chi connectivity index (χ3n) is 17.1. The Labute approximate surface area is 468 Å². The van der Waals surface area contributed by atoms with Gasteiger partial charge in [-0.1, -0.05) is 121 Å². The maximum Gasteiger partial charge on any atom is 0.256 e. The van der Waals surface area contributed by atoms with Crippen LogP contribution in [0.15, 0.2) is 231 Å². The van der Waals surface area contributed by atoms with Crippen molar-refractivity contribution >= 4 is 143 Å². The maximum atomic E-state index is 10.9. The van der Waals surface area contributed by atoms with E-state index in [4.69, 9.17) is 16.0 Å². The first-order valence-corrected chi connectivity index (χ1v) is 27.1. The van der Waals surface area contributed by atoms with E-state index in [-0.39, 0.29) is 20.1 Å². The van der Waals surface area contributed by atoms with Gasteiger partial charge in [0.1, 0.15) is 23.0 Å². The van der Waals surface area contributed by atoms with Crippen molar-refractivity contribution in [3.63, 3.8) is 0 Å². The summed E-state index contributed by atoms with van der Waals surface area (Å²) < 4.78 is 14.1. The molecular weight excluding hydrogens is 991 g/mol. The number of nitrogens with zero attached hydrogens (tertiary/aromatic N) is 7. The molecule has 0 atom stereocenters. The van der Waals surface area contributed by atoms with Gasteiger partial charge in [0.2, 0.25) is 0 Å². The van der Waals surface area contributed by atoms with Gasteiger partial charge in [0, 0.05) is 74.3 Å². The lowest BCUT2D eigenvalue weighted by molar-refractivity contribution is 0.487. The fourth-order valence-electron chi connectivity index (χ4n) is 14.0. The van der Waals surface area contributed by atoms with Crippen LogP contribution in [0.5, 0.6) is 23.0 Å². The summed E-state index contributed by atoms with van der Waals surface area (Å²) >= 11 is 0. The van der Waals surface area contributed by atoms with Gasteiger partial charge in [-0.05, 0) is 152 Å². The summed E-state index contributed by atoms with van der Waals surface area (Å²) in [7, 11) is 0. The molecule has 0 N–H and O–H groups in total.